The third-order valence-electron chi connectivity index (χ3n) is 3.81. The fraction of sp³-hybridized carbons (Fsp3) is 0.571. The molecule has 0 heterocycles. The summed E-state index contributed by atoms with van der Waals surface area (Å²) in [6.07, 6.45) is 6.26. The minimum atomic E-state index is -3.58. The zero-order valence-corrected chi connectivity index (χ0v) is 12.0. The molecule has 0 saturated heterocycles. The van der Waals surface area contributed by atoms with Crippen molar-refractivity contribution in [2.24, 2.45) is 0 Å². The molecule has 0 aliphatic heterocycles. The Morgan fingerprint density at radius 2 is 1.79 bits per heavy atom. The van der Waals surface area contributed by atoms with Crippen molar-refractivity contribution < 1.29 is 12.8 Å². The molecule has 0 aromatic heterocycles. The predicted molar refractivity (Wildman–Crippen MR) is 72.8 cm³/mol. The van der Waals surface area contributed by atoms with Gasteiger partial charge in [0.25, 0.3) is 0 Å². The molecule has 0 N–H and O–H groups in total. The average molecular weight is 285 g/mol. The Morgan fingerprint density at radius 1 is 1.16 bits per heavy atom. The maximum Gasteiger partial charge on any atom is 0.243 e. The van der Waals surface area contributed by atoms with Gasteiger partial charge < -0.3 is 0 Å². The lowest BCUT2D eigenvalue weighted by molar-refractivity contribution is 0.335. The van der Waals surface area contributed by atoms with Crippen LogP contribution in [0.2, 0.25) is 0 Å². The maximum absolute atomic E-state index is 13.2. The van der Waals surface area contributed by atoms with Crippen molar-refractivity contribution in [2.45, 2.75) is 49.5 Å². The highest BCUT2D eigenvalue weighted by Crippen LogP contribution is 2.25. The van der Waals surface area contributed by atoms with E-state index in [0.29, 0.717) is 0 Å². The second-order valence-corrected chi connectivity index (χ2v) is 7.12. The molecule has 0 spiro atoms. The van der Waals surface area contributed by atoms with Crippen LogP contribution in [0.15, 0.2) is 29.2 Å². The quantitative estimate of drug-likeness (QED) is 0.800. The Labute approximate surface area is 114 Å². The Bertz CT molecular complexity index is 522. The summed E-state index contributed by atoms with van der Waals surface area (Å²) in [6.45, 7) is 0. The van der Waals surface area contributed by atoms with E-state index in [-0.39, 0.29) is 10.9 Å². The molecule has 0 radical (unpaired) electrons. The van der Waals surface area contributed by atoms with Gasteiger partial charge in [-0.3, -0.25) is 0 Å². The van der Waals surface area contributed by atoms with E-state index in [1.165, 1.54) is 35.3 Å². The van der Waals surface area contributed by atoms with E-state index in [9.17, 15) is 12.8 Å². The summed E-state index contributed by atoms with van der Waals surface area (Å²) in [7, 11) is -1.98. The predicted octanol–water partition coefficient (Wildman–Crippen LogP) is 3.17. The van der Waals surface area contributed by atoms with E-state index in [4.69, 9.17) is 0 Å². The molecule has 2 rings (SSSR count). The molecular formula is C14H20FNO2S. The van der Waals surface area contributed by atoms with Gasteiger partial charge in [0.15, 0.2) is 0 Å². The van der Waals surface area contributed by atoms with Crippen molar-refractivity contribution in [1.29, 1.82) is 0 Å². The minimum absolute atomic E-state index is 0.0377. The van der Waals surface area contributed by atoms with Gasteiger partial charge in [0, 0.05) is 13.1 Å². The summed E-state index contributed by atoms with van der Waals surface area (Å²) in [5.74, 6) is -0.518. The highest BCUT2D eigenvalue weighted by Gasteiger charge is 2.28. The van der Waals surface area contributed by atoms with Crippen molar-refractivity contribution in [1.82, 2.24) is 4.31 Å². The average Bonchev–Trinajstić information content (AvgIpc) is 2.66. The number of nitrogens with zero attached hydrogens (tertiary/aromatic N) is 1. The van der Waals surface area contributed by atoms with Crippen LogP contribution in [0.4, 0.5) is 4.39 Å². The molecule has 5 heteroatoms. The number of halogens is 1. The fourth-order valence-electron chi connectivity index (χ4n) is 2.61. The van der Waals surface area contributed by atoms with Crippen LogP contribution >= 0.6 is 0 Å². The fourth-order valence-corrected chi connectivity index (χ4v) is 4.06. The number of rotatable bonds is 3. The normalized spacial score (nSPS) is 18.5. The monoisotopic (exact) mass is 285 g/mol. The molecule has 0 atom stereocenters. The van der Waals surface area contributed by atoms with Gasteiger partial charge in [-0.15, -0.1) is 0 Å². The minimum Gasteiger partial charge on any atom is -0.207 e. The van der Waals surface area contributed by atoms with E-state index in [1.54, 1.807) is 7.05 Å². The van der Waals surface area contributed by atoms with Crippen molar-refractivity contribution in [2.75, 3.05) is 7.05 Å². The molecule has 0 amide bonds. The molecule has 0 bridgehead atoms. The van der Waals surface area contributed by atoms with Gasteiger partial charge in [-0.05, 0) is 31.0 Å². The van der Waals surface area contributed by atoms with Crippen LogP contribution in [0.25, 0.3) is 0 Å². The van der Waals surface area contributed by atoms with Crippen LogP contribution in [0.5, 0.6) is 0 Å². The second-order valence-electron chi connectivity index (χ2n) is 5.12. The van der Waals surface area contributed by atoms with E-state index in [0.717, 1.165) is 31.7 Å². The van der Waals surface area contributed by atoms with Crippen molar-refractivity contribution in [3.8, 4) is 0 Å². The summed E-state index contributed by atoms with van der Waals surface area (Å²) in [5.41, 5.74) is 0. The molecule has 106 valence electrons. The largest absolute Gasteiger partial charge is 0.243 e. The van der Waals surface area contributed by atoms with Crippen LogP contribution < -0.4 is 0 Å². The Hall–Kier alpha value is -0.940. The lowest BCUT2D eigenvalue weighted by Gasteiger charge is -2.26. The molecule has 0 unspecified atom stereocenters. The smallest absolute Gasteiger partial charge is 0.207 e. The third kappa shape index (κ3) is 3.34. The van der Waals surface area contributed by atoms with Gasteiger partial charge in [0.05, 0.1) is 4.90 Å². The summed E-state index contributed by atoms with van der Waals surface area (Å²) in [6, 6.07) is 5.26. The summed E-state index contributed by atoms with van der Waals surface area (Å²) in [4.78, 5) is 0.0410. The summed E-state index contributed by atoms with van der Waals surface area (Å²) in [5, 5.41) is 0. The van der Waals surface area contributed by atoms with Gasteiger partial charge in [0.1, 0.15) is 5.82 Å². The maximum atomic E-state index is 13.2. The molecule has 1 aliphatic carbocycles. The highest BCUT2D eigenvalue weighted by molar-refractivity contribution is 7.89. The van der Waals surface area contributed by atoms with Gasteiger partial charge in [-0.1, -0.05) is 31.7 Å². The van der Waals surface area contributed by atoms with E-state index in [1.807, 2.05) is 0 Å². The van der Waals surface area contributed by atoms with Gasteiger partial charge in [0.2, 0.25) is 10.0 Å². The first-order valence-corrected chi connectivity index (χ1v) is 8.19. The molecule has 3 nitrogen and oxygen atoms in total. The lowest BCUT2D eigenvalue weighted by Crippen LogP contribution is -2.36. The van der Waals surface area contributed by atoms with Crippen LogP contribution in [0.3, 0.4) is 0 Å². The van der Waals surface area contributed by atoms with Crippen molar-refractivity contribution >= 4 is 10.0 Å². The van der Waals surface area contributed by atoms with Crippen LogP contribution in [-0.4, -0.2) is 25.8 Å². The Morgan fingerprint density at radius 3 is 2.37 bits per heavy atom. The molecule has 1 aliphatic rings. The Kier molecular flexibility index (Phi) is 4.58. The SMILES string of the molecule is CN(C1CCCCCC1)S(=O)(=O)c1cccc(F)c1. The van der Waals surface area contributed by atoms with E-state index >= 15 is 0 Å². The zero-order valence-electron chi connectivity index (χ0n) is 11.2. The topological polar surface area (TPSA) is 37.4 Å². The van der Waals surface area contributed by atoms with E-state index in [2.05, 4.69) is 0 Å². The zero-order chi connectivity index (χ0) is 13.9. The number of hydrogen-bond donors (Lipinski definition) is 0. The van der Waals surface area contributed by atoms with Gasteiger partial charge in [-0.2, -0.15) is 4.31 Å². The van der Waals surface area contributed by atoms with Gasteiger partial charge >= 0.3 is 0 Å². The first-order valence-electron chi connectivity index (χ1n) is 6.75. The molecular weight excluding hydrogens is 265 g/mol. The first-order chi connectivity index (χ1) is 9.01. The second kappa shape index (κ2) is 6.01. The lowest BCUT2D eigenvalue weighted by atomic mass is 10.1. The standard InChI is InChI=1S/C14H20FNO2S/c1-16(13-8-4-2-3-5-9-13)19(17,18)14-10-6-7-12(15)11-14/h6-7,10-11,13H,2-5,8-9H2,1H3. The van der Waals surface area contributed by atoms with E-state index < -0.39 is 15.8 Å². The molecule has 1 fully saturated rings. The highest BCUT2D eigenvalue weighted by atomic mass is 32.2. The van der Waals surface area contributed by atoms with Crippen molar-refractivity contribution in [3.63, 3.8) is 0 Å². The number of hydrogen-bond acceptors (Lipinski definition) is 2. The van der Waals surface area contributed by atoms with Crippen LogP contribution in [-0.2, 0) is 10.0 Å². The Balaban J connectivity index is 2.23. The number of benzene rings is 1. The third-order valence-corrected chi connectivity index (χ3v) is 5.72. The first kappa shape index (κ1) is 14.5. The van der Waals surface area contributed by atoms with Gasteiger partial charge in [-0.25, -0.2) is 12.8 Å². The number of sulfonamides is 1. The molecule has 19 heavy (non-hydrogen) atoms. The molecule has 1 aromatic carbocycles. The summed E-state index contributed by atoms with van der Waals surface area (Å²) >= 11 is 0. The molecule has 1 saturated carbocycles. The molecule has 1 aromatic rings. The summed E-state index contributed by atoms with van der Waals surface area (Å²) < 4.78 is 39.5. The van der Waals surface area contributed by atoms with Crippen LogP contribution in [0.1, 0.15) is 38.5 Å². The van der Waals surface area contributed by atoms with Crippen LogP contribution in [0, 0.1) is 5.82 Å². The van der Waals surface area contributed by atoms with Crippen molar-refractivity contribution in [3.05, 3.63) is 30.1 Å².